The normalized spacial score (nSPS) is 23.4. The van der Waals surface area contributed by atoms with Crippen molar-refractivity contribution in [3.8, 4) is 0 Å². The number of pyridine rings is 1. The van der Waals surface area contributed by atoms with E-state index in [2.05, 4.69) is 17.2 Å². The molecule has 2 N–H and O–H groups in total. The molecule has 30 heavy (non-hydrogen) atoms. The number of amides is 1. The van der Waals surface area contributed by atoms with Gasteiger partial charge in [0.25, 0.3) is 5.91 Å². The van der Waals surface area contributed by atoms with E-state index in [1.165, 1.54) is 28.9 Å². The van der Waals surface area contributed by atoms with Crippen LogP contribution in [0.15, 0.2) is 34.0 Å². The SMILES string of the molecule is CC1CCCCC1NC(=O)c1cc(=O)[nH]c2ccc(S(=O)(=O)N3CCCCC3)cc12. The number of nitrogens with zero attached hydrogens (tertiary/aromatic N) is 1. The topological polar surface area (TPSA) is 99.3 Å². The smallest absolute Gasteiger partial charge is 0.252 e. The number of fused-ring (bicyclic) bond motifs is 1. The van der Waals surface area contributed by atoms with E-state index in [0.29, 0.717) is 29.9 Å². The Kier molecular flexibility index (Phi) is 5.97. The van der Waals surface area contributed by atoms with Crippen LogP contribution in [-0.4, -0.2) is 42.7 Å². The third kappa shape index (κ3) is 4.16. The minimum atomic E-state index is -3.63. The van der Waals surface area contributed by atoms with Crippen LogP contribution in [0.25, 0.3) is 10.9 Å². The number of hydrogen-bond donors (Lipinski definition) is 2. The Labute approximate surface area is 176 Å². The van der Waals surface area contributed by atoms with Crippen molar-refractivity contribution >= 4 is 26.8 Å². The molecule has 1 aromatic heterocycles. The molecule has 1 aromatic carbocycles. The number of piperidine rings is 1. The summed E-state index contributed by atoms with van der Waals surface area (Å²) in [5.41, 5.74) is 0.306. The maximum atomic E-state index is 13.1. The van der Waals surface area contributed by atoms with Gasteiger partial charge in [0.05, 0.1) is 10.5 Å². The minimum Gasteiger partial charge on any atom is -0.349 e. The van der Waals surface area contributed by atoms with E-state index < -0.39 is 10.0 Å². The summed E-state index contributed by atoms with van der Waals surface area (Å²) in [4.78, 5) is 28.1. The highest BCUT2D eigenvalue weighted by Gasteiger charge is 2.28. The number of H-pyrrole nitrogens is 1. The van der Waals surface area contributed by atoms with Gasteiger partial charge in [-0.1, -0.05) is 26.2 Å². The van der Waals surface area contributed by atoms with Crippen LogP contribution in [0.3, 0.4) is 0 Å². The molecule has 2 aliphatic rings. The molecule has 7 nitrogen and oxygen atoms in total. The van der Waals surface area contributed by atoms with E-state index in [-0.39, 0.29) is 28.0 Å². The fraction of sp³-hybridized carbons (Fsp3) is 0.545. The zero-order valence-electron chi connectivity index (χ0n) is 17.3. The summed E-state index contributed by atoms with van der Waals surface area (Å²) in [6.07, 6.45) is 6.97. The van der Waals surface area contributed by atoms with Crippen LogP contribution in [0.2, 0.25) is 0 Å². The zero-order valence-corrected chi connectivity index (χ0v) is 18.1. The van der Waals surface area contributed by atoms with Crippen molar-refractivity contribution in [2.24, 2.45) is 5.92 Å². The maximum absolute atomic E-state index is 13.1. The van der Waals surface area contributed by atoms with Crippen molar-refractivity contribution in [2.75, 3.05) is 13.1 Å². The van der Waals surface area contributed by atoms with Crippen LogP contribution in [0.5, 0.6) is 0 Å². The molecule has 2 unspecified atom stereocenters. The molecule has 2 aromatic rings. The fourth-order valence-electron chi connectivity index (χ4n) is 4.61. The third-order valence-electron chi connectivity index (χ3n) is 6.44. The first-order chi connectivity index (χ1) is 14.4. The lowest BCUT2D eigenvalue weighted by molar-refractivity contribution is 0.0911. The van der Waals surface area contributed by atoms with Crippen LogP contribution in [-0.2, 0) is 10.0 Å². The zero-order chi connectivity index (χ0) is 21.3. The van der Waals surface area contributed by atoms with Crippen molar-refractivity contribution in [2.45, 2.75) is 62.8 Å². The van der Waals surface area contributed by atoms with E-state index in [4.69, 9.17) is 0 Å². The summed E-state index contributed by atoms with van der Waals surface area (Å²) in [6.45, 7) is 3.15. The van der Waals surface area contributed by atoms with Gasteiger partial charge in [0.15, 0.2) is 0 Å². The standard InChI is InChI=1S/C22H29N3O4S/c1-15-7-3-4-8-19(15)24-22(27)18-14-21(26)23-20-10-9-16(13-17(18)20)30(28,29)25-11-5-2-6-12-25/h9-10,13-15,19H,2-8,11-12H2,1H3,(H,23,26)(H,24,27). The summed E-state index contributed by atoms with van der Waals surface area (Å²) < 4.78 is 27.7. The third-order valence-corrected chi connectivity index (χ3v) is 8.33. The first-order valence-corrected chi connectivity index (χ1v) is 12.3. The van der Waals surface area contributed by atoms with Crippen LogP contribution < -0.4 is 10.9 Å². The number of sulfonamides is 1. The number of aromatic amines is 1. The molecule has 2 fully saturated rings. The molecular formula is C22H29N3O4S. The molecule has 2 atom stereocenters. The molecule has 1 aliphatic carbocycles. The molecule has 1 saturated heterocycles. The van der Waals surface area contributed by atoms with E-state index >= 15 is 0 Å². The Hall–Kier alpha value is -2.19. The van der Waals surface area contributed by atoms with Crippen molar-refractivity contribution < 1.29 is 13.2 Å². The first kappa shape index (κ1) is 21.1. The Bertz CT molecular complexity index is 1100. The predicted molar refractivity (Wildman–Crippen MR) is 116 cm³/mol. The second kappa shape index (κ2) is 8.51. The number of benzene rings is 1. The fourth-order valence-corrected chi connectivity index (χ4v) is 6.16. The van der Waals surface area contributed by atoms with Crippen molar-refractivity contribution in [1.29, 1.82) is 0 Å². The number of rotatable bonds is 4. The number of nitrogens with one attached hydrogen (secondary N) is 2. The van der Waals surface area contributed by atoms with Crippen LogP contribution >= 0.6 is 0 Å². The molecule has 0 bridgehead atoms. The van der Waals surface area contributed by atoms with Gasteiger partial charge >= 0.3 is 0 Å². The number of aromatic nitrogens is 1. The molecule has 1 saturated carbocycles. The van der Waals surface area contributed by atoms with Gasteiger partial charge < -0.3 is 10.3 Å². The van der Waals surface area contributed by atoms with Crippen LogP contribution in [0, 0.1) is 5.92 Å². The molecule has 162 valence electrons. The quantitative estimate of drug-likeness (QED) is 0.777. The average molecular weight is 432 g/mol. The number of hydrogen-bond acceptors (Lipinski definition) is 4. The summed E-state index contributed by atoms with van der Waals surface area (Å²) in [6, 6.07) is 5.94. The molecule has 1 amide bonds. The molecule has 0 radical (unpaired) electrons. The van der Waals surface area contributed by atoms with E-state index in [1.807, 2.05) is 0 Å². The van der Waals surface area contributed by atoms with E-state index in [1.54, 1.807) is 6.07 Å². The Morgan fingerprint density at radius 1 is 1.07 bits per heavy atom. The lowest BCUT2D eigenvalue weighted by Crippen LogP contribution is -2.41. The highest BCUT2D eigenvalue weighted by Crippen LogP contribution is 2.27. The van der Waals surface area contributed by atoms with Crippen molar-refractivity contribution in [3.63, 3.8) is 0 Å². The first-order valence-electron chi connectivity index (χ1n) is 10.8. The summed E-state index contributed by atoms with van der Waals surface area (Å²) in [5, 5.41) is 3.53. The summed E-state index contributed by atoms with van der Waals surface area (Å²) >= 11 is 0. The lowest BCUT2D eigenvalue weighted by Gasteiger charge is -2.29. The van der Waals surface area contributed by atoms with E-state index in [0.717, 1.165) is 38.5 Å². The minimum absolute atomic E-state index is 0.0702. The molecule has 1 aliphatic heterocycles. The lowest BCUT2D eigenvalue weighted by atomic mass is 9.86. The second-order valence-corrected chi connectivity index (χ2v) is 10.5. The number of carbonyl (C=O) groups excluding carboxylic acids is 1. The summed E-state index contributed by atoms with van der Waals surface area (Å²) in [5.74, 6) is 0.0587. The van der Waals surface area contributed by atoms with E-state index in [9.17, 15) is 18.0 Å². The Balaban J connectivity index is 1.71. The highest BCUT2D eigenvalue weighted by atomic mass is 32.2. The predicted octanol–water partition coefficient (Wildman–Crippen LogP) is 3.01. The van der Waals surface area contributed by atoms with Gasteiger partial charge in [0.2, 0.25) is 15.6 Å². The monoisotopic (exact) mass is 431 g/mol. The van der Waals surface area contributed by atoms with Crippen molar-refractivity contribution in [1.82, 2.24) is 14.6 Å². The molecule has 8 heteroatoms. The van der Waals surface area contributed by atoms with Gasteiger partial charge in [-0.25, -0.2) is 8.42 Å². The molecular weight excluding hydrogens is 402 g/mol. The van der Waals surface area contributed by atoms with Gasteiger partial charge in [-0.3, -0.25) is 9.59 Å². The molecule has 0 spiro atoms. The van der Waals surface area contributed by atoms with Gasteiger partial charge in [-0.2, -0.15) is 4.31 Å². The molecule has 2 heterocycles. The molecule has 4 rings (SSSR count). The van der Waals surface area contributed by atoms with Crippen LogP contribution in [0.1, 0.15) is 62.2 Å². The largest absolute Gasteiger partial charge is 0.349 e. The van der Waals surface area contributed by atoms with Crippen molar-refractivity contribution in [3.05, 3.63) is 40.2 Å². The highest BCUT2D eigenvalue weighted by molar-refractivity contribution is 7.89. The number of carbonyl (C=O) groups is 1. The van der Waals surface area contributed by atoms with Crippen LogP contribution in [0.4, 0.5) is 0 Å². The van der Waals surface area contributed by atoms with Gasteiger partial charge in [-0.15, -0.1) is 0 Å². The average Bonchev–Trinajstić information content (AvgIpc) is 2.75. The summed E-state index contributed by atoms with van der Waals surface area (Å²) in [7, 11) is -3.63. The Morgan fingerprint density at radius 3 is 2.53 bits per heavy atom. The Morgan fingerprint density at radius 2 is 1.80 bits per heavy atom. The van der Waals surface area contributed by atoms with Gasteiger partial charge in [0.1, 0.15) is 0 Å². The van der Waals surface area contributed by atoms with Gasteiger partial charge in [0, 0.05) is 36.1 Å². The second-order valence-electron chi connectivity index (χ2n) is 8.56. The van der Waals surface area contributed by atoms with Gasteiger partial charge in [-0.05, 0) is 49.8 Å². The maximum Gasteiger partial charge on any atom is 0.252 e.